The summed E-state index contributed by atoms with van der Waals surface area (Å²) in [5.74, 6) is -1.43. The summed E-state index contributed by atoms with van der Waals surface area (Å²) in [5, 5.41) is 2.52. The van der Waals surface area contributed by atoms with Crippen LogP contribution in [0.5, 0.6) is 0 Å². The summed E-state index contributed by atoms with van der Waals surface area (Å²) in [4.78, 5) is 49.8. The largest absolute Gasteiger partial charge is 0.455 e. The van der Waals surface area contributed by atoms with E-state index in [4.69, 9.17) is 4.74 Å². The molecule has 1 aromatic rings. The molecular formula is C17H21N3O5. The number of anilines is 1. The predicted molar refractivity (Wildman–Crippen MR) is 89.8 cm³/mol. The molecule has 1 aromatic carbocycles. The number of amides is 4. The number of nitrogens with one attached hydrogen (secondary N) is 1. The van der Waals surface area contributed by atoms with Crippen LogP contribution in [0.1, 0.15) is 20.3 Å². The van der Waals surface area contributed by atoms with Gasteiger partial charge in [-0.2, -0.15) is 0 Å². The van der Waals surface area contributed by atoms with Crippen LogP contribution in [0.4, 0.5) is 10.5 Å². The van der Waals surface area contributed by atoms with Gasteiger partial charge in [0.05, 0.1) is 6.42 Å². The van der Waals surface area contributed by atoms with Crippen molar-refractivity contribution in [3.8, 4) is 0 Å². The van der Waals surface area contributed by atoms with Crippen LogP contribution in [0.3, 0.4) is 0 Å². The molecule has 1 aliphatic heterocycles. The summed E-state index contributed by atoms with van der Waals surface area (Å²) in [7, 11) is 1.58. The number of hydrogen-bond donors (Lipinski definition) is 1. The molecule has 0 spiro atoms. The molecule has 0 aliphatic carbocycles. The molecule has 1 aliphatic rings. The first-order valence-corrected chi connectivity index (χ1v) is 7.83. The quantitative estimate of drug-likeness (QED) is 0.610. The van der Waals surface area contributed by atoms with E-state index in [2.05, 4.69) is 5.32 Å². The lowest BCUT2D eigenvalue weighted by molar-refractivity contribution is -0.148. The molecule has 4 amide bonds. The van der Waals surface area contributed by atoms with Gasteiger partial charge in [0.25, 0.3) is 11.8 Å². The third kappa shape index (κ3) is 4.34. The van der Waals surface area contributed by atoms with Gasteiger partial charge in [-0.3, -0.25) is 19.3 Å². The monoisotopic (exact) mass is 347 g/mol. The average molecular weight is 347 g/mol. The normalized spacial score (nSPS) is 15.7. The number of ether oxygens (including phenoxy) is 1. The number of rotatable bonds is 6. The number of esters is 1. The van der Waals surface area contributed by atoms with Gasteiger partial charge in [-0.05, 0) is 26.0 Å². The summed E-state index contributed by atoms with van der Waals surface area (Å²) >= 11 is 0. The number of carbonyl (C=O) groups excluding carboxylic acids is 4. The third-order valence-electron chi connectivity index (χ3n) is 3.86. The Morgan fingerprint density at radius 2 is 1.84 bits per heavy atom. The van der Waals surface area contributed by atoms with E-state index in [-0.39, 0.29) is 18.9 Å². The molecule has 1 fully saturated rings. The molecule has 2 rings (SSSR count). The van der Waals surface area contributed by atoms with Gasteiger partial charge in [0.2, 0.25) is 0 Å². The van der Waals surface area contributed by atoms with Crippen LogP contribution in [-0.2, 0) is 19.1 Å². The second-order valence-corrected chi connectivity index (χ2v) is 6.21. The van der Waals surface area contributed by atoms with Crippen LogP contribution in [0.25, 0.3) is 0 Å². The molecule has 134 valence electrons. The average Bonchev–Trinajstić information content (AvgIpc) is 2.78. The molecule has 8 nitrogen and oxygen atoms in total. The van der Waals surface area contributed by atoms with E-state index < -0.39 is 30.1 Å². The lowest BCUT2D eigenvalue weighted by Gasteiger charge is -2.17. The van der Waals surface area contributed by atoms with Gasteiger partial charge in [-0.1, -0.05) is 18.2 Å². The van der Waals surface area contributed by atoms with Gasteiger partial charge in [0.1, 0.15) is 5.54 Å². The molecule has 1 heterocycles. The van der Waals surface area contributed by atoms with Gasteiger partial charge in [0, 0.05) is 19.3 Å². The van der Waals surface area contributed by atoms with Crippen molar-refractivity contribution in [1.29, 1.82) is 0 Å². The zero-order valence-electron chi connectivity index (χ0n) is 14.4. The van der Waals surface area contributed by atoms with Crippen molar-refractivity contribution in [2.45, 2.75) is 25.8 Å². The number of imide groups is 1. The second-order valence-electron chi connectivity index (χ2n) is 6.21. The van der Waals surface area contributed by atoms with Crippen LogP contribution in [0.2, 0.25) is 0 Å². The number of nitrogens with zero attached hydrogens (tertiary/aromatic N) is 2. The first kappa shape index (κ1) is 18.4. The van der Waals surface area contributed by atoms with E-state index in [1.165, 1.54) is 4.90 Å². The fourth-order valence-corrected chi connectivity index (χ4v) is 2.33. The molecule has 1 N–H and O–H groups in total. The van der Waals surface area contributed by atoms with Crippen molar-refractivity contribution in [3.05, 3.63) is 30.3 Å². The highest BCUT2D eigenvalue weighted by atomic mass is 16.5. The molecule has 0 bridgehead atoms. The number of benzene rings is 1. The van der Waals surface area contributed by atoms with E-state index in [0.29, 0.717) is 5.69 Å². The van der Waals surface area contributed by atoms with Crippen molar-refractivity contribution in [2.75, 3.05) is 25.1 Å². The Bertz CT molecular complexity index is 687. The van der Waals surface area contributed by atoms with Crippen LogP contribution >= 0.6 is 0 Å². The molecule has 0 saturated carbocycles. The Kier molecular flexibility index (Phi) is 5.41. The van der Waals surface area contributed by atoms with Crippen molar-refractivity contribution >= 4 is 29.5 Å². The summed E-state index contributed by atoms with van der Waals surface area (Å²) in [6.45, 7) is 2.68. The minimum atomic E-state index is -0.977. The van der Waals surface area contributed by atoms with E-state index in [1.807, 2.05) is 6.07 Å². The van der Waals surface area contributed by atoms with Gasteiger partial charge < -0.3 is 15.0 Å². The Morgan fingerprint density at radius 3 is 2.40 bits per heavy atom. The first-order chi connectivity index (χ1) is 11.7. The Labute approximate surface area is 145 Å². The highest BCUT2D eigenvalue weighted by molar-refractivity contribution is 6.06. The molecule has 0 radical (unpaired) electrons. The molecule has 8 heteroatoms. The number of carbonyl (C=O) groups is 4. The van der Waals surface area contributed by atoms with Crippen molar-refractivity contribution in [1.82, 2.24) is 10.2 Å². The molecule has 0 unspecified atom stereocenters. The maximum atomic E-state index is 12.0. The maximum absolute atomic E-state index is 12.0. The minimum Gasteiger partial charge on any atom is -0.455 e. The highest BCUT2D eigenvalue weighted by Crippen LogP contribution is 2.16. The predicted octanol–water partition coefficient (Wildman–Crippen LogP) is 0.913. The second kappa shape index (κ2) is 7.33. The van der Waals surface area contributed by atoms with E-state index in [0.717, 1.165) is 4.90 Å². The summed E-state index contributed by atoms with van der Waals surface area (Å²) in [6, 6.07) is 8.41. The SMILES string of the molecule is CN(C(=O)COC(=O)CCN1C(=O)NC(C)(C)C1=O)c1ccccc1. The zero-order valence-corrected chi connectivity index (χ0v) is 14.4. The fraction of sp³-hybridized carbons (Fsp3) is 0.412. The Morgan fingerprint density at radius 1 is 1.20 bits per heavy atom. The molecule has 0 atom stereocenters. The van der Waals surface area contributed by atoms with Crippen molar-refractivity contribution < 1.29 is 23.9 Å². The molecule has 1 saturated heterocycles. The Balaban J connectivity index is 1.78. The standard InChI is InChI=1S/C17H21N3O5/c1-17(2)15(23)20(16(24)18-17)10-9-14(22)25-11-13(21)19(3)12-7-5-4-6-8-12/h4-8H,9-11H2,1-3H3,(H,18,24). The van der Waals surface area contributed by atoms with Gasteiger partial charge in [-0.15, -0.1) is 0 Å². The van der Waals surface area contributed by atoms with Crippen LogP contribution < -0.4 is 10.2 Å². The smallest absolute Gasteiger partial charge is 0.325 e. The maximum Gasteiger partial charge on any atom is 0.325 e. The van der Waals surface area contributed by atoms with Crippen molar-refractivity contribution in [2.24, 2.45) is 0 Å². The lowest BCUT2D eigenvalue weighted by Crippen LogP contribution is -2.40. The highest BCUT2D eigenvalue weighted by Gasteiger charge is 2.44. The van der Waals surface area contributed by atoms with Gasteiger partial charge >= 0.3 is 12.0 Å². The number of likely N-dealkylation sites (N-methyl/N-ethyl adjacent to an activating group) is 1. The van der Waals surface area contributed by atoms with E-state index in [9.17, 15) is 19.2 Å². The zero-order chi connectivity index (χ0) is 18.6. The summed E-state index contributed by atoms with van der Waals surface area (Å²) < 4.78 is 4.93. The first-order valence-electron chi connectivity index (χ1n) is 7.83. The Hall–Kier alpha value is -2.90. The molecular weight excluding hydrogens is 326 g/mol. The molecule has 25 heavy (non-hydrogen) atoms. The third-order valence-corrected chi connectivity index (χ3v) is 3.86. The number of para-hydroxylation sites is 1. The summed E-state index contributed by atoms with van der Waals surface area (Å²) in [6.07, 6.45) is -0.169. The minimum absolute atomic E-state index is 0.0877. The van der Waals surface area contributed by atoms with Gasteiger partial charge in [-0.25, -0.2) is 4.79 Å². The number of urea groups is 1. The van der Waals surface area contributed by atoms with Crippen molar-refractivity contribution in [3.63, 3.8) is 0 Å². The fourth-order valence-electron chi connectivity index (χ4n) is 2.33. The number of hydrogen-bond acceptors (Lipinski definition) is 5. The lowest BCUT2D eigenvalue weighted by atomic mass is 10.1. The van der Waals surface area contributed by atoms with Crippen LogP contribution in [-0.4, -0.2) is 54.5 Å². The summed E-state index contributed by atoms with van der Waals surface area (Å²) in [5.41, 5.74) is -0.292. The van der Waals surface area contributed by atoms with E-state index in [1.54, 1.807) is 45.2 Å². The topological polar surface area (TPSA) is 96.0 Å². The molecule has 0 aromatic heterocycles. The van der Waals surface area contributed by atoms with Crippen LogP contribution in [0.15, 0.2) is 30.3 Å². The van der Waals surface area contributed by atoms with Crippen LogP contribution in [0, 0.1) is 0 Å². The van der Waals surface area contributed by atoms with Gasteiger partial charge in [0.15, 0.2) is 6.61 Å². The van der Waals surface area contributed by atoms with E-state index >= 15 is 0 Å².